The van der Waals surface area contributed by atoms with E-state index >= 15 is 0 Å². The first kappa shape index (κ1) is 30.7. The standard InChI is InChI=1S/C25H18BrCl2F3N4O5/c1-39-19-9-13(8-16(26)22(19)40-12-20(36)34-18-7-3-6-17(27)21(18)28)11-32-35-24(38)23(37)33-15-5-2-4-14(10-15)25(29,30)31/h2-11H,12H2,1H3,(H,33,37)(H,34,36)(H,35,38)/b32-11+. The summed E-state index contributed by atoms with van der Waals surface area (Å²) in [5.41, 5.74) is 1.48. The summed E-state index contributed by atoms with van der Waals surface area (Å²) < 4.78 is 49.7. The Hall–Kier alpha value is -3.81. The molecule has 0 spiro atoms. The molecular formula is C25H18BrCl2F3N4O5. The monoisotopic (exact) mass is 660 g/mol. The quantitative estimate of drug-likeness (QED) is 0.158. The molecule has 0 aliphatic heterocycles. The topological polar surface area (TPSA) is 118 Å². The van der Waals surface area contributed by atoms with Crippen LogP contribution in [0.2, 0.25) is 10.0 Å². The molecule has 3 rings (SSSR count). The number of nitrogens with zero attached hydrogens (tertiary/aromatic N) is 1. The summed E-state index contributed by atoms with van der Waals surface area (Å²) in [6, 6.07) is 11.6. The number of methoxy groups -OCH3 is 1. The lowest BCUT2D eigenvalue weighted by atomic mass is 10.2. The normalized spacial score (nSPS) is 11.2. The Morgan fingerprint density at radius 2 is 1.75 bits per heavy atom. The van der Waals surface area contributed by atoms with Crippen LogP contribution in [0.5, 0.6) is 11.5 Å². The fraction of sp³-hybridized carbons (Fsp3) is 0.120. The molecule has 0 saturated heterocycles. The number of hydrogen-bond donors (Lipinski definition) is 3. The number of alkyl halides is 3. The Balaban J connectivity index is 1.59. The second kappa shape index (κ2) is 13.5. The highest BCUT2D eigenvalue weighted by Crippen LogP contribution is 2.36. The van der Waals surface area contributed by atoms with Gasteiger partial charge in [0.2, 0.25) is 0 Å². The van der Waals surface area contributed by atoms with Gasteiger partial charge in [-0.3, -0.25) is 14.4 Å². The van der Waals surface area contributed by atoms with Gasteiger partial charge in [0.05, 0.1) is 39.1 Å². The Kier molecular flexibility index (Phi) is 10.4. The number of ether oxygens (including phenoxy) is 2. The molecule has 3 aromatic rings. The minimum absolute atomic E-state index is 0.181. The second-order valence-corrected chi connectivity index (χ2v) is 9.34. The number of carbonyl (C=O) groups is 3. The van der Waals surface area contributed by atoms with Crippen LogP contribution in [-0.2, 0) is 20.6 Å². The van der Waals surface area contributed by atoms with E-state index in [2.05, 4.69) is 31.7 Å². The van der Waals surface area contributed by atoms with E-state index in [1.807, 2.05) is 5.43 Å². The molecule has 0 atom stereocenters. The van der Waals surface area contributed by atoms with Gasteiger partial charge >= 0.3 is 18.0 Å². The Bertz CT molecular complexity index is 1470. The highest BCUT2D eigenvalue weighted by Gasteiger charge is 2.30. The van der Waals surface area contributed by atoms with Gasteiger partial charge < -0.3 is 20.1 Å². The maximum absolute atomic E-state index is 12.8. The molecule has 0 saturated carbocycles. The molecule has 210 valence electrons. The van der Waals surface area contributed by atoms with E-state index < -0.39 is 36.1 Å². The third kappa shape index (κ3) is 8.34. The molecule has 40 heavy (non-hydrogen) atoms. The molecule has 0 aliphatic rings. The fourth-order valence-electron chi connectivity index (χ4n) is 3.06. The first-order chi connectivity index (χ1) is 18.9. The minimum Gasteiger partial charge on any atom is -0.493 e. The van der Waals surface area contributed by atoms with Crippen molar-refractivity contribution in [2.45, 2.75) is 6.18 Å². The Labute approximate surface area is 243 Å². The van der Waals surface area contributed by atoms with E-state index in [1.165, 1.54) is 31.5 Å². The zero-order valence-corrected chi connectivity index (χ0v) is 23.3. The number of amides is 3. The van der Waals surface area contributed by atoms with E-state index in [-0.39, 0.29) is 27.2 Å². The van der Waals surface area contributed by atoms with Crippen LogP contribution in [0, 0.1) is 0 Å². The van der Waals surface area contributed by atoms with E-state index in [9.17, 15) is 27.6 Å². The summed E-state index contributed by atoms with van der Waals surface area (Å²) >= 11 is 15.3. The summed E-state index contributed by atoms with van der Waals surface area (Å²) in [7, 11) is 1.36. The summed E-state index contributed by atoms with van der Waals surface area (Å²) in [6.07, 6.45) is -3.43. The number of halogens is 6. The van der Waals surface area contributed by atoms with Crippen molar-refractivity contribution >= 4 is 74.4 Å². The SMILES string of the molecule is COc1cc(/C=N/NC(=O)C(=O)Nc2cccc(C(F)(F)F)c2)cc(Br)c1OCC(=O)Nc1cccc(Cl)c1Cl. The second-order valence-electron chi connectivity index (χ2n) is 7.70. The average molecular weight is 662 g/mol. The van der Waals surface area contributed by atoms with Crippen molar-refractivity contribution in [2.75, 3.05) is 24.4 Å². The van der Waals surface area contributed by atoms with Crippen LogP contribution >= 0.6 is 39.1 Å². The van der Waals surface area contributed by atoms with Gasteiger partial charge in [0, 0.05) is 5.69 Å². The van der Waals surface area contributed by atoms with Crippen LogP contribution in [0.15, 0.2) is 64.2 Å². The summed E-state index contributed by atoms with van der Waals surface area (Å²) in [4.78, 5) is 36.4. The fourth-order valence-corrected chi connectivity index (χ4v) is 3.98. The molecule has 3 N–H and O–H groups in total. The molecule has 0 bridgehead atoms. The predicted molar refractivity (Wildman–Crippen MR) is 147 cm³/mol. The highest BCUT2D eigenvalue weighted by atomic mass is 79.9. The molecule has 0 aliphatic carbocycles. The van der Waals surface area contributed by atoms with E-state index in [0.717, 1.165) is 12.1 Å². The number of benzene rings is 3. The molecule has 0 fully saturated rings. The molecule has 0 unspecified atom stereocenters. The van der Waals surface area contributed by atoms with Gasteiger partial charge in [-0.2, -0.15) is 18.3 Å². The van der Waals surface area contributed by atoms with E-state index in [1.54, 1.807) is 18.2 Å². The lowest BCUT2D eigenvalue weighted by Gasteiger charge is -2.14. The lowest BCUT2D eigenvalue weighted by molar-refractivity contribution is -0.137. The molecular weight excluding hydrogens is 644 g/mol. The van der Waals surface area contributed by atoms with Crippen molar-refractivity contribution < 1.29 is 37.0 Å². The predicted octanol–water partition coefficient (Wildman–Crippen LogP) is 5.89. The van der Waals surface area contributed by atoms with Gasteiger partial charge in [0.1, 0.15) is 0 Å². The largest absolute Gasteiger partial charge is 0.493 e. The molecule has 3 aromatic carbocycles. The summed E-state index contributed by atoms with van der Waals surface area (Å²) in [5.74, 6) is -2.56. The van der Waals surface area contributed by atoms with Crippen molar-refractivity contribution in [1.82, 2.24) is 5.43 Å². The minimum atomic E-state index is -4.61. The van der Waals surface area contributed by atoms with Gasteiger partial charge in [0.25, 0.3) is 5.91 Å². The molecule has 0 heterocycles. The number of rotatable bonds is 8. The van der Waals surface area contributed by atoms with Crippen LogP contribution in [-0.4, -0.2) is 37.7 Å². The molecule has 3 amide bonds. The summed E-state index contributed by atoms with van der Waals surface area (Å²) in [6.45, 7) is -0.401. The number of hydrogen-bond acceptors (Lipinski definition) is 6. The van der Waals surface area contributed by atoms with Crippen molar-refractivity contribution in [2.24, 2.45) is 5.10 Å². The van der Waals surface area contributed by atoms with Gasteiger partial charge in [-0.15, -0.1) is 0 Å². The smallest absolute Gasteiger partial charge is 0.416 e. The molecule has 15 heteroatoms. The lowest BCUT2D eigenvalue weighted by Crippen LogP contribution is -2.32. The first-order valence-corrected chi connectivity index (χ1v) is 12.5. The number of anilines is 2. The average Bonchev–Trinajstić information content (AvgIpc) is 2.90. The zero-order chi connectivity index (χ0) is 29.4. The van der Waals surface area contributed by atoms with Crippen LogP contribution in [0.25, 0.3) is 0 Å². The first-order valence-electron chi connectivity index (χ1n) is 10.9. The number of carbonyl (C=O) groups excluding carboxylic acids is 3. The third-order valence-corrected chi connectivity index (χ3v) is 6.27. The van der Waals surface area contributed by atoms with Gasteiger partial charge in [-0.1, -0.05) is 35.3 Å². The maximum atomic E-state index is 12.8. The molecule has 0 aromatic heterocycles. The van der Waals surface area contributed by atoms with E-state index in [0.29, 0.717) is 21.8 Å². The van der Waals surface area contributed by atoms with Crippen molar-refractivity contribution in [3.8, 4) is 11.5 Å². The third-order valence-electron chi connectivity index (χ3n) is 4.86. The van der Waals surface area contributed by atoms with Crippen LogP contribution in [0.1, 0.15) is 11.1 Å². The van der Waals surface area contributed by atoms with E-state index in [4.69, 9.17) is 32.7 Å². The van der Waals surface area contributed by atoms with Crippen molar-refractivity contribution in [3.63, 3.8) is 0 Å². The highest BCUT2D eigenvalue weighted by molar-refractivity contribution is 9.10. The van der Waals surface area contributed by atoms with Crippen molar-refractivity contribution in [1.29, 1.82) is 0 Å². The number of hydrazone groups is 1. The van der Waals surface area contributed by atoms with Gasteiger partial charge in [-0.05, 0) is 64.0 Å². The number of nitrogens with one attached hydrogen (secondary N) is 3. The van der Waals surface area contributed by atoms with Crippen LogP contribution in [0.3, 0.4) is 0 Å². The molecule has 0 radical (unpaired) electrons. The van der Waals surface area contributed by atoms with Crippen LogP contribution < -0.4 is 25.5 Å². The van der Waals surface area contributed by atoms with Gasteiger partial charge in [0.15, 0.2) is 18.1 Å². The Morgan fingerprint density at radius 1 is 1.02 bits per heavy atom. The molecule has 9 nitrogen and oxygen atoms in total. The Morgan fingerprint density at radius 3 is 2.45 bits per heavy atom. The van der Waals surface area contributed by atoms with Crippen molar-refractivity contribution in [3.05, 3.63) is 80.2 Å². The summed E-state index contributed by atoms with van der Waals surface area (Å²) in [5, 5.41) is 8.77. The van der Waals surface area contributed by atoms with Crippen LogP contribution in [0.4, 0.5) is 24.5 Å². The van der Waals surface area contributed by atoms with Gasteiger partial charge in [-0.25, -0.2) is 5.43 Å². The zero-order valence-electron chi connectivity index (χ0n) is 20.2. The maximum Gasteiger partial charge on any atom is 0.416 e.